The van der Waals surface area contributed by atoms with Crippen LogP contribution in [0.25, 0.3) is 0 Å². The van der Waals surface area contributed by atoms with Crippen molar-refractivity contribution in [3.8, 4) is 5.88 Å². The van der Waals surface area contributed by atoms with Crippen molar-refractivity contribution in [2.75, 3.05) is 13.1 Å². The highest BCUT2D eigenvalue weighted by Gasteiger charge is 2.43. The second kappa shape index (κ2) is 8.32. The van der Waals surface area contributed by atoms with Crippen molar-refractivity contribution >= 4 is 18.1 Å². The third kappa shape index (κ3) is 3.39. The Hall–Kier alpha value is -3.51. The molecule has 4 aromatic rings. The first-order valence-electron chi connectivity index (χ1n) is 10.2. The van der Waals surface area contributed by atoms with Crippen LogP contribution in [0.4, 0.5) is 0 Å². The fraction of sp³-hybridized carbons (Fsp3) is 0.160. The first kappa shape index (κ1) is 19.5. The number of hydrogen-bond acceptors (Lipinski definition) is 6. The van der Waals surface area contributed by atoms with E-state index in [-0.39, 0.29) is 11.8 Å². The lowest BCUT2D eigenvalue weighted by Crippen LogP contribution is -2.50. The van der Waals surface area contributed by atoms with Gasteiger partial charge in [0.2, 0.25) is 5.88 Å². The summed E-state index contributed by atoms with van der Waals surface area (Å²) in [4.78, 5) is 6.98. The minimum atomic E-state index is -0.578. The standard InChI is InChI=1S/C25H22N4OS/c30-24-23(27-31-28-24)19-16-26-18-29(17-19)25(20-10-4-1-5-11-20,21-12-6-2-7-13-21)22-14-8-3-9-15-22/h1-15,18-19H,16-17H2,(H,28,30). The van der Waals surface area contributed by atoms with E-state index in [1.807, 2.05) is 24.5 Å². The molecule has 1 aliphatic rings. The van der Waals surface area contributed by atoms with Gasteiger partial charge in [0.05, 0.1) is 24.6 Å². The zero-order valence-corrected chi connectivity index (χ0v) is 17.7. The Balaban J connectivity index is 1.73. The van der Waals surface area contributed by atoms with Crippen molar-refractivity contribution in [1.29, 1.82) is 0 Å². The van der Waals surface area contributed by atoms with Crippen LogP contribution in [-0.4, -0.2) is 38.2 Å². The Morgan fingerprint density at radius 3 is 1.74 bits per heavy atom. The Morgan fingerprint density at radius 2 is 1.29 bits per heavy atom. The highest BCUT2D eigenvalue weighted by molar-refractivity contribution is 6.99. The van der Waals surface area contributed by atoms with Crippen LogP contribution >= 0.6 is 11.7 Å². The first-order valence-corrected chi connectivity index (χ1v) is 11.0. The van der Waals surface area contributed by atoms with Crippen LogP contribution in [0, 0.1) is 0 Å². The second-order valence-electron chi connectivity index (χ2n) is 7.61. The number of aromatic nitrogens is 2. The van der Waals surface area contributed by atoms with Crippen molar-refractivity contribution in [1.82, 2.24) is 13.6 Å². The number of nitrogens with zero attached hydrogens (tertiary/aromatic N) is 4. The van der Waals surface area contributed by atoms with Crippen LogP contribution in [0.2, 0.25) is 0 Å². The predicted molar refractivity (Wildman–Crippen MR) is 124 cm³/mol. The molecule has 0 spiro atoms. The molecule has 1 aliphatic heterocycles. The van der Waals surface area contributed by atoms with E-state index >= 15 is 0 Å². The molecular weight excluding hydrogens is 404 g/mol. The molecule has 1 aromatic heterocycles. The van der Waals surface area contributed by atoms with E-state index in [1.165, 1.54) is 0 Å². The molecule has 31 heavy (non-hydrogen) atoms. The van der Waals surface area contributed by atoms with Gasteiger partial charge in [-0.05, 0) is 16.7 Å². The molecular formula is C25H22N4OS. The van der Waals surface area contributed by atoms with E-state index < -0.39 is 5.54 Å². The van der Waals surface area contributed by atoms with Crippen molar-refractivity contribution in [2.24, 2.45) is 4.99 Å². The van der Waals surface area contributed by atoms with Crippen LogP contribution in [0.3, 0.4) is 0 Å². The normalized spacial score (nSPS) is 16.4. The van der Waals surface area contributed by atoms with E-state index in [9.17, 15) is 5.11 Å². The van der Waals surface area contributed by atoms with Gasteiger partial charge < -0.3 is 10.0 Å². The molecule has 6 heteroatoms. The summed E-state index contributed by atoms with van der Waals surface area (Å²) < 4.78 is 8.32. The van der Waals surface area contributed by atoms with E-state index in [2.05, 4.69) is 86.4 Å². The van der Waals surface area contributed by atoms with Crippen LogP contribution < -0.4 is 0 Å². The molecule has 154 valence electrons. The zero-order chi connectivity index (χ0) is 21.1. The number of aliphatic imine (C=N–C) groups is 1. The Bertz CT molecular complexity index is 1070. The summed E-state index contributed by atoms with van der Waals surface area (Å²) in [6, 6.07) is 31.6. The van der Waals surface area contributed by atoms with Gasteiger partial charge >= 0.3 is 0 Å². The number of aromatic hydroxyl groups is 1. The summed E-state index contributed by atoms with van der Waals surface area (Å²) in [5.74, 6) is -0.0314. The van der Waals surface area contributed by atoms with Gasteiger partial charge in [-0.2, -0.15) is 4.37 Å². The molecule has 5 nitrogen and oxygen atoms in total. The lowest BCUT2D eigenvalue weighted by atomic mass is 9.75. The lowest BCUT2D eigenvalue weighted by molar-refractivity contribution is 0.245. The summed E-state index contributed by atoms with van der Waals surface area (Å²) in [5.41, 5.74) is 3.50. The zero-order valence-electron chi connectivity index (χ0n) is 16.9. The topological polar surface area (TPSA) is 61.6 Å². The van der Waals surface area contributed by atoms with Gasteiger partial charge in [0.15, 0.2) is 0 Å². The molecule has 0 bridgehead atoms. The quantitative estimate of drug-likeness (QED) is 0.472. The first-order chi connectivity index (χ1) is 15.3. The lowest BCUT2D eigenvalue weighted by Gasteiger charge is -2.47. The maximum atomic E-state index is 10.2. The largest absolute Gasteiger partial charge is 0.491 e. The minimum Gasteiger partial charge on any atom is -0.491 e. The van der Waals surface area contributed by atoms with Gasteiger partial charge in [-0.1, -0.05) is 91.0 Å². The maximum absolute atomic E-state index is 10.2. The van der Waals surface area contributed by atoms with E-state index in [0.29, 0.717) is 18.8 Å². The van der Waals surface area contributed by atoms with Gasteiger partial charge in [-0.25, -0.2) is 0 Å². The molecule has 0 radical (unpaired) electrons. The van der Waals surface area contributed by atoms with Gasteiger partial charge in [0.25, 0.3) is 0 Å². The van der Waals surface area contributed by atoms with Gasteiger partial charge in [0, 0.05) is 12.5 Å². The van der Waals surface area contributed by atoms with E-state index in [4.69, 9.17) is 4.99 Å². The van der Waals surface area contributed by atoms with Crippen molar-refractivity contribution in [2.45, 2.75) is 11.5 Å². The van der Waals surface area contributed by atoms with E-state index in [1.54, 1.807) is 0 Å². The van der Waals surface area contributed by atoms with Gasteiger partial charge in [-0.15, -0.1) is 4.37 Å². The fourth-order valence-electron chi connectivity index (χ4n) is 4.50. The Labute approximate surface area is 185 Å². The third-order valence-corrected chi connectivity index (χ3v) is 6.38. The summed E-state index contributed by atoms with van der Waals surface area (Å²) in [6.07, 6.45) is 1.94. The van der Waals surface area contributed by atoms with Crippen molar-refractivity contribution in [3.05, 3.63) is 113 Å². The molecule has 1 atom stereocenters. The molecule has 1 unspecified atom stereocenters. The van der Waals surface area contributed by atoms with Crippen LogP contribution in [0.5, 0.6) is 5.88 Å². The maximum Gasteiger partial charge on any atom is 0.247 e. The molecule has 2 heterocycles. The molecule has 0 fully saturated rings. The Morgan fingerprint density at radius 1 is 0.774 bits per heavy atom. The highest BCUT2D eigenvalue weighted by atomic mass is 32.1. The van der Waals surface area contributed by atoms with E-state index in [0.717, 1.165) is 28.4 Å². The smallest absolute Gasteiger partial charge is 0.247 e. The molecule has 1 N–H and O–H groups in total. The third-order valence-electron chi connectivity index (χ3n) is 5.85. The monoisotopic (exact) mass is 426 g/mol. The number of rotatable bonds is 5. The summed E-state index contributed by atoms with van der Waals surface area (Å²) in [5, 5.41) is 10.2. The average Bonchev–Trinajstić information content (AvgIpc) is 3.28. The average molecular weight is 427 g/mol. The second-order valence-corrected chi connectivity index (χ2v) is 8.14. The number of hydrogen-bond donors (Lipinski definition) is 1. The van der Waals surface area contributed by atoms with Gasteiger partial charge in [-0.3, -0.25) is 4.99 Å². The Kier molecular flexibility index (Phi) is 5.22. The summed E-state index contributed by atoms with van der Waals surface area (Å²) in [6.45, 7) is 1.23. The van der Waals surface area contributed by atoms with Crippen LogP contribution in [0.1, 0.15) is 28.3 Å². The van der Waals surface area contributed by atoms with Gasteiger partial charge in [0.1, 0.15) is 11.2 Å². The van der Waals surface area contributed by atoms with Crippen molar-refractivity contribution in [3.63, 3.8) is 0 Å². The molecule has 0 amide bonds. The van der Waals surface area contributed by atoms with Crippen LogP contribution in [-0.2, 0) is 5.54 Å². The summed E-state index contributed by atoms with van der Waals surface area (Å²) >= 11 is 1.04. The number of benzene rings is 3. The molecule has 0 saturated heterocycles. The molecule has 3 aromatic carbocycles. The van der Waals surface area contributed by atoms with Crippen LogP contribution in [0.15, 0.2) is 96.0 Å². The molecule has 0 aliphatic carbocycles. The fourth-order valence-corrected chi connectivity index (χ4v) is 5.03. The molecule has 5 rings (SSSR count). The SMILES string of the molecule is Oc1nsnc1C1CN=CN(C(c2ccccc2)(c2ccccc2)c2ccccc2)C1. The van der Waals surface area contributed by atoms with Crippen molar-refractivity contribution < 1.29 is 5.11 Å². The predicted octanol–water partition coefficient (Wildman–Crippen LogP) is 4.66. The minimum absolute atomic E-state index is 0.0109. The molecule has 0 saturated carbocycles. The highest BCUT2D eigenvalue weighted by Crippen LogP contribution is 2.43. The summed E-state index contributed by atoms with van der Waals surface area (Å²) in [7, 11) is 0.